The first-order valence-corrected chi connectivity index (χ1v) is 12.4. The van der Waals surface area contributed by atoms with Gasteiger partial charge in [-0.05, 0) is 55.8 Å². The van der Waals surface area contributed by atoms with Crippen LogP contribution in [0.4, 0.5) is 14.5 Å². The quantitative estimate of drug-likeness (QED) is 0.266. The molecular weight excluding hydrogens is 490 g/mol. The van der Waals surface area contributed by atoms with Crippen LogP contribution in [0.1, 0.15) is 41.3 Å². The second-order valence-electron chi connectivity index (χ2n) is 8.56. The Morgan fingerprint density at radius 2 is 2.03 bits per heavy atom. The lowest BCUT2D eigenvalue weighted by Gasteiger charge is -2.15. The summed E-state index contributed by atoms with van der Waals surface area (Å²) in [6, 6.07) is 3.42. The summed E-state index contributed by atoms with van der Waals surface area (Å²) in [6.07, 6.45) is 6.59. The van der Waals surface area contributed by atoms with Gasteiger partial charge in [0.15, 0.2) is 5.82 Å². The van der Waals surface area contributed by atoms with Crippen LogP contribution in [0.5, 0.6) is 0 Å². The number of aliphatic imine (C=N–C) groups is 2. The summed E-state index contributed by atoms with van der Waals surface area (Å²) in [6.45, 7) is 5.36. The topological polar surface area (TPSA) is 120 Å². The number of pyridine rings is 1. The van der Waals surface area contributed by atoms with Crippen molar-refractivity contribution < 1.29 is 22.0 Å². The van der Waals surface area contributed by atoms with Crippen molar-refractivity contribution in [2.24, 2.45) is 15.9 Å². The molecule has 3 aromatic rings. The number of nitrogens with one attached hydrogen (secondary N) is 2. The molecule has 9 nitrogen and oxygen atoms in total. The van der Waals surface area contributed by atoms with E-state index in [9.17, 15) is 17.6 Å². The molecule has 1 aliphatic carbocycles. The van der Waals surface area contributed by atoms with Crippen molar-refractivity contribution in [1.82, 2.24) is 14.3 Å². The number of ketones is 1. The highest BCUT2D eigenvalue weighted by Gasteiger charge is 2.27. The number of carbonyl (C=O) groups is 1. The van der Waals surface area contributed by atoms with Gasteiger partial charge in [-0.3, -0.25) is 9.52 Å². The molecule has 36 heavy (non-hydrogen) atoms. The van der Waals surface area contributed by atoms with Crippen LogP contribution in [0.15, 0.2) is 46.8 Å². The molecule has 2 aromatic heterocycles. The number of aromatic amines is 1. The predicted octanol–water partition coefficient (Wildman–Crippen LogP) is 4.16. The molecule has 0 saturated heterocycles. The number of benzene rings is 1. The van der Waals surface area contributed by atoms with Crippen molar-refractivity contribution in [1.29, 1.82) is 0 Å². The van der Waals surface area contributed by atoms with E-state index in [0.717, 1.165) is 34.9 Å². The zero-order valence-electron chi connectivity index (χ0n) is 19.8. The second-order valence-corrected chi connectivity index (χ2v) is 10.4. The van der Waals surface area contributed by atoms with E-state index >= 15 is 4.39 Å². The first kappa shape index (κ1) is 25.3. The van der Waals surface area contributed by atoms with Gasteiger partial charge in [0.05, 0.1) is 11.3 Å². The molecule has 2 N–H and O–H groups in total. The fraction of sp³-hybridized carbons (Fsp3) is 0.250. The lowest BCUT2D eigenvalue weighted by molar-refractivity contribution is 0.103. The predicted molar refractivity (Wildman–Crippen MR) is 135 cm³/mol. The van der Waals surface area contributed by atoms with E-state index in [4.69, 9.17) is 0 Å². The molecule has 2 heterocycles. The lowest BCUT2D eigenvalue weighted by atomic mass is 10.00. The number of hydrogen-bond donors (Lipinski definition) is 2. The molecular formula is C24H24F2N6O3S. The average molecular weight is 515 g/mol. The molecule has 0 atom stereocenters. The van der Waals surface area contributed by atoms with Crippen molar-refractivity contribution in [3.05, 3.63) is 65.1 Å². The number of amidine groups is 1. The molecule has 4 rings (SSSR count). The van der Waals surface area contributed by atoms with E-state index < -0.39 is 38.9 Å². The van der Waals surface area contributed by atoms with Gasteiger partial charge >= 0.3 is 10.2 Å². The number of allylic oxidation sites excluding steroid dienone is 1. The van der Waals surface area contributed by atoms with Gasteiger partial charge in [0.25, 0.3) is 0 Å². The molecule has 0 aliphatic heterocycles. The number of anilines is 1. The zero-order valence-corrected chi connectivity index (χ0v) is 20.7. The highest BCUT2D eigenvalue weighted by atomic mass is 32.2. The SMILES string of the molecule is C=N/C(=N\C=C(/C)c1cnc2[nH]cc(C(=O)c3c(F)ccc(NS(=O)(=O)N(C)C)c3F)c2c1)C1CC1. The van der Waals surface area contributed by atoms with Gasteiger partial charge < -0.3 is 4.98 Å². The van der Waals surface area contributed by atoms with Gasteiger partial charge in [-0.2, -0.15) is 12.7 Å². The van der Waals surface area contributed by atoms with Crippen LogP contribution in [0.3, 0.4) is 0 Å². The second kappa shape index (κ2) is 9.70. The van der Waals surface area contributed by atoms with Gasteiger partial charge in [-0.1, -0.05) is 0 Å². The van der Waals surface area contributed by atoms with E-state index in [2.05, 4.69) is 26.7 Å². The fourth-order valence-corrected chi connectivity index (χ4v) is 4.08. The van der Waals surface area contributed by atoms with E-state index in [1.54, 1.807) is 18.5 Å². The maximum absolute atomic E-state index is 15.2. The maximum Gasteiger partial charge on any atom is 0.301 e. The monoisotopic (exact) mass is 514 g/mol. The van der Waals surface area contributed by atoms with E-state index in [1.807, 2.05) is 11.6 Å². The number of aromatic nitrogens is 2. The number of halogens is 2. The zero-order chi connectivity index (χ0) is 26.2. The van der Waals surface area contributed by atoms with Crippen molar-refractivity contribution >= 4 is 50.8 Å². The molecule has 0 amide bonds. The van der Waals surface area contributed by atoms with Gasteiger partial charge in [-0.15, -0.1) is 0 Å². The first-order chi connectivity index (χ1) is 17.0. The third-order valence-corrected chi connectivity index (χ3v) is 7.20. The Labute approximate surface area is 206 Å². The van der Waals surface area contributed by atoms with Crippen molar-refractivity contribution in [3.8, 4) is 0 Å². The van der Waals surface area contributed by atoms with Gasteiger partial charge in [0.1, 0.15) is 17.3 Å². The number of hydrogen-bond acceptors (Lipinski definition) is 5. The Hall–Kier alpha value is -3.77. The molecule has 0 bridgehead atoms. The third-order valence-electron chi connectivity index (χ3n) is 5.76. The number of fused-ring (bicyclic) bond motifs is 1. The lowest BCUT2D eigenvalue weighted by Crippen LogP contribution is -2.29. The van der Waals surface area contributed by atoms with Crippen LogP contribution in [0.2, 0.25) is 0 Å². The number of nitrogens with zero attached hydrogens (tertiary/aromatic N) is 4. The van der Waals surface area contributed by atoms with Crippen molar-refractivity contribution in [3.63, 3.8) is 0 Å². The summed E-state index contributed by atoms with van der Waals surface area (Å²) < 4.78 is 56.9. The molecule has 1 aromatic carbocycles. The Kier molecular flexibility index (Phi) is 6.83. The molecule has 1 fully saturated rings. The van der Waals surface area contributed by atoms with Crippen LogP contribution in [-0.4, -0.2) is 55.1 Å². The summed E-state index contributed by atoms with van der Waals surface area (Å²) in [5.74, 6) is -2.43. The molecule has 0 unspecified atom stereocenters. The molecule has 188 valence electrons. The van der Waals surface area contributed by atoms with Crippen LogP contribution >= 0.6 is 0 Å². The average Bonchev–Trinajstić information content (AvgIpc) is 3.58. The highest BCUT2D eigenvalue weighted by molar-refractivity contribution is 7.90. The Balaban J connectivity index is 1.73. The van der Waals surface area contributed by atoms with Gasteiger partial charge in [-0.25, -0.2) is 23.7 Å². The summed E-state index contributed by atoms with van der Waals surface area (Å²) in [7, 11) is -1.59. The molecule has 12 heteroatoms. The molecule has 0 spiro atoms. The van der Waals surface area contributed by atoms with Crippen LogP contribution in [0, 0.1) is 17.6 Å². The first-order valence-electron chi connectivity index (χ1n) is 10.9. The van der Waals surface area contributed by atoms with E-state index in [-0.39, 0.29) is 5.56 Å². The van der Waals surface area contributed by atoms with Crippen molar-refractivity contribution in [2.75, 3.05) is 18.8 Å². The summed E-state index contributed by atoms with van der Waals surface area (Å²) >= 11 is 0. The highest BCUT2D eigenvalue weighted by Crippen LogP contribution is 2.32. The normalized spacial score (nSPS) is 14.9. The molecule has 1 saturated carbocycles. The number of rotatable bonds is 8. The number of carbonyl (C=O) groups excluding carboxylic acids is 1. The van der Waals surface area contributed by atoms with E-state index in [0.29, 0.717) is 28.4 Å². The smallest absolute Gasteiger partial charge is 0.301 e. The number of H-pyrrole nitrogens is 1. The van der Waals surface area contributed by atoms with Crippen LogP contribution in [0.25, 0.3) is 16.6 Å². The minimum absolute atomic E-state index is 0.0208. The minimum atomic E-state index is -4.08. The summed E-state index contributed by atoms with van der Waals surface area (Å²) in [5, 5.41) is 0.344. The summed E-state index contributed by atoms with van der Waals surface area (Å²) in [4.78, 5) is 28.7. The van der Waals surface area contributed by atoms with Crippen LogP contribution in [-0.2, 0) is 10.2 Å². The van der Waals surface area contributed by atoms with Crippen LogP contribution < -0.4 is 4.72 Å². The van der Waals surface area contributed by atoms with Gasteiger partial charge in [0.2, 0.25) is 5.78 Å². The standard InChI is InChI=1S/C24H24F2N6O3S/c1-13(10-28-23(27-2)14-5-6-14)15-9-16-17(12-30-24(16)29-11-15)22(33)20-18(25)7-8-19(21(20)26)31-36(34,35)32(3)4/h7-12,14,31H,2,5-6H2,1,3-4H3,(H,29,30)/b13-10+,28-23-. The molecule has 1 aliphatic rings. The third kappa shape index (κ3) is 4.95. The Morgan fingerprint density at radius 3 is 2.67 bits per heavy atom. The summed E-state index contributed by atoms with van der Waals surface area (Å²) in [5.41, 5.74) is 0.271. The maximum atomic E-state index is 15.2. The van der Waals surface area contributed by atoms with Crippen molar-refractivity contribution in [2.45, 2.75) is 19.8 Å². The largest absolute Gasteiger partial charge is 0.345 e. The Bertz CT molecular complexity index is 1540. The fourth-order valence-electron chi connectivity index (χ4n) is 3.47. The minimum Gasteiger partial charge on any atom is -0.345 e. The molecule has 0 radical (unpaired) electrons. The van der Waals surface area contributed by atoms with E-state index in [1.165, 1.54) is 20.3 Å². The van der Waals surface area contributed by atoms with Gasteiger partial charge in [0, 0.05) is 49.6 Å². The Morgan fingerprint density at radius 1 is 1.31 bits per heavy atom.